The largest absolute Gasteiger partial charge is 0.396 e. The highest BCUT2D eigenvalue weighted by molar-refractivity contribution is 5.72. The maximum Gasteiger partial charge on any atom is 0.312 e. The fraction of sp³-hybridized carbons (Fsp3) is 0.857. The van der Waals surface area contributed by atoms with Crippen LogP contribution in [0.5, 0.6) is 0 Å². The van der Waals surface area contributed by atoms with Gasteiger partial charge in [0.25, 0.3) is 0 Å². The highest BCUT2D eigenvalue weighted by atomic mass is 16.3. The van der Waals surface area contributed by atoms with E-state index in [0.717, 1.165) is 0 Å². The lowest BCUT2D eigenvalue weighted by molar-refractivity contribution is 0.0907. The van der Waals surface area contributed by atoms with Gasteiger partial charge in [-0.3, -0.25) is 0 Å². The summed E-state index contributed by atoms with van der Waals surface area (Å²) in [5, 5.41) is 20.6. The van der Waals surface area contributed by atoms with Gasteiger partial charge in [-0.05, 0) is 12.8 Å². The Morgan fingerprint density at radius 3 is 2.67 bits per heavy atom. The molecular weight excluding hydrogens is 160 g/mol. The molecule has 70 valence electrons. The summed E-state index contributed by atoms with van der Waals surface area (Å²) in [5.74, 6) is -0.123. The van der Waals surface area contributed by atoms with E-state index in [2.05, 4.69) is 5.32 Å². The van der Waals surface area contributed by atoms with E-state index in [9.17, 15) is 9.90 Å². The summed E-state index contributed by atoms with van der Waals surface area (Å²) in [5.41, 5.74) is 4.91. The van der Waals surface area contributed by atoms with Crippen LogP contribution in [-0.2, 0) is 0 Å². The monoisotopic (exact) mass is 174 g/mol. The Morgan fingerprint density at radius 2 is 2.25 bits per heavy atom. The minimum Gasteiger partial charge on any atom is -0.396 e. The minimum atomic E-state index is -0.578. The smallest absolute Gasteiger partial charge is 0.312 e. The van der Waals surface area contributed by atoms with Gasteiger partial charge in [0, 0.05) is 18.6 Å². The molecule has 1 aliphatic rings. The Balaban J connectivity index is 2.37. The molecule has 0 unspecified atom stereocenters. The summed E-state index contributed by atoms with van der Waals surface area (Å²) in [6.45, 7) is -0.0435. The molecule has 5 heteroatoms. The van der Waals surface area contributed by atoms with E-state index in [1.54, 1.807) is 0 Å². The third kappa shape index (κ3) is 2.09. The number of nitrogens with one attached hydrogen (secondary N) is 1. The predicted molar refractivity (Wildman–Crippen MR) is 42.3 cm³/mol. The zero-order chi connectivity index (χ0) is 9.14. The summed E-state index contributed by atoms with van der Waals surface area (Å²) in [6, 6.07) is -0.666. The number of hydrogen-bond acceptors (Lipinski definition) is 3. The average Bonchev–Trinajstić information content (AvgIpc) is 2.29. The maximum atomic E-state index is 10.4. The molecule has 1 aliphatic carbocycles. The van der Waals surface area contributed by atoms with Crippen molar-refractivity contribution in [3.63, 3.8) is 0 Å². The molecular formula is C7H14N2O3. The van der Waals surface area contributed by atoms with Crippen LogP contribution in [0.25, 0.3) is 0 Å². The second-order valence-electron chi connectivity index (χ2n) is 3.19. The first-order valence-corrected chi connectivity index (χ1v) is 3.98. The van der Waals surface area contributed by atoms with E-state index in [1.165, 1.54) is 0 Å². The van der Waals surface area contributed by atoms with Crippen molar-refractivity contribution >= 4 is 6.03 Å². The minimum absolute atomic E-state index is 0.0435. The van der Waals surface area contributed by atoms with Crippen molar-refractivity contribution < 1.29 is 15.0 Å². The van der Waals surface area contributed by atoms with Gasteiger partial charge in [0.15, 0.2) is 0 Å². The fourth-order valence-electron chi connectivity index (χ4n) is 1.62. The van der Waals surface area contributed by atoms with Crippen LogP contribution >= 0.6 is 0 Å². The topological polar surface area (TPSA) is 95.6 Å². The Morgan fingerprint density at radius 1 is 1.58 bits per heavy atom. The molecule has 0 radical (unpaired) electrons. The van der Waals surface area contributed by atoms with E-state index in [0.29, 0.717) is 12.8 Å². The Labute approximate surface area is 70.6 Å². The number of rotatable bonds is 2. The highest BCUT2D eigenvalue weighted by Gasteiger charge is 2.32. The van der Waals surface area contributed by atoms with E-state index >= 15 is 0 Å². The molecule has 2 amide bonds. The van der Waals surface area contributed by atoms with Crippen LogP contribution in [0.4, 0.5) is 4.79 Å². The van der Waals surface area contributed by atoms with Gasteiger partial charge < -0.3 is 21.3 Å². The number of aliphatic hydroxyl groups is 2. The second kappa shape index (κ2) is 3.73. The van der Waals surface area contributed by atoms with Crippen LogP contribution in [0.15, 0.2) is 0 Å². The summed E-state index contributed by atoms with van der Waals surface area (Å²) < 4.78 is 0. The molecule has 0 heterocycles. The number of carbonyl (C=O) groups is 1. The molecule has 0 aromatic rings. The second-order valence-corrected chi connectivity index (χ2v) is 3.19. The molecule has 0 aliphatic heterocycles. The van der Waals surface area contributed by atoms with Crippen molar-refractivity contribution in [2.45, 2.75) is 25.0 Å². The molecule has 5 N–H and O–H groups in total. The lowest BCUT2D eigenvalue weighted by atomic mass is 10.1. The normalized spacial score (nSPS) is 35.0. The third-order valence-electron chi connectivity index (χ3n) is 2.24. The van der Waals surface area contributed by atoms with Gasteiger partial charge in [-0.2, -0.15) is 0 Å². The van der Waals surface area contributed by atoms with Crippen LogP contribution in [-0.4, -0.2) is 35.0 Å². The van der Waals surface area contributed by atoms with Gasteiger partial charge in [0.2, 0.25) is 0 Å². The third-order valence-corrected chi connectivity index (χ3v) is 2.24. The zero-order valence-electron chi connectivity index (χ0n) is 6.73. The van der Waals surface area contributed by atoms with Gasteiger partial charge in [-0.1, -0.05) is 0 Å². The molecule has 1 rings (SSSR count). The first kappa shape index (κ1) is 9.28. The van der Waals surface area contributed by atoms with Gasteiger partial charge in [-0.15, -0.1) is 0 Å². The number of hydrogen-bond donors (Lipinski definition) is 4. The van der Waals surface area contributed by atoms with Crippen LogP contribution in [0.3, 0.4) is 0 Å². The molecule has 1 saturated carbocycles. The van der Waals surface area contributed by atoms with E-state index in [1.807, 2.05) is 0 Å². The van der Waals surface area contributed by atoms with E-state index in [4.69, 9.17) is 10.8 Å². The molecule has 0 aromatic carbocycles. The first-order valence-electron chi connectivity index (χ1n) is 3.98. The van der Waals surface area contributed by atoms with Crippen molar-refractivity contribution in [2.24, 2.45) is 11.7 Å². The van der Waals surface area contributed by atoms with Crippen molar-refractivity contribution in [1.29, 1.82) is 0 Å². The van der Waals surface area contributed by atoms with Gasteiger partial charge in [0.1, 0.15) is 0 Å². The van der Waals surface area contributed by atoms with Gasteiger partial charge in [0.05, 0.1) is 6.10 Å². The highest BCUT2D eigenvalue weighted by Crippen LogP contribution is 2.25. The Hall–Kier alpha value is -0.810. The summed E-state index contributed by atoms with van der Waals surface area (Å²) in [7, 11) is 0. The Bertz CT molecular complexity index is 174. The molecule has 3 atom stereocenters. The average molecular weight is 174 g/mol. The Kier molecular flexibility index (Phi) is 2.88. The molecule has 0 bridgehead atoms. The summed E-state index contributed by atoms with van der Waals surface area (Å²) in [4.78, 5) is 10.4. The van der Waals surface area contributed by atoms with Crippen molar-refractivity contribution in [2.75, 3.05) is 6.61 Å². The molecule has 0 spiro atoms. The number of aliphatic hydroxyl groups excluding tert-OH is 2. The number of nitrogens with two attached hydrogens (primary N) is 1. The molecule has 1 fully saturated rings. The lowest BCUT2D eigenvalue weighted by Crippen LogP contribution is -2.37. The standard InChI is InChI=1S/C7H14N2O3/c8-7(12)9-5-1-4(3-10)6(11)2-5/h4-6,10-11H,1-3H2,(H3,8,9,12)/t4-,5-,6+/m0/s1. The lowest BCUT2D eigenvalue weighted by Gasteiger charge is -2.09. The van der Waals surface area contributed by atoms with Crippen LogP contribution < -0.4 is 11.1 Å². The number of urea groups is 1. The van der Waals surface area contributed by atoms with Crippen molar-refractivity contribution in [3.05, 3.63) is 0 Å². The maximum absolute atomic E-state index is 10.4. The van der Waals surface area contributed by atoms with Crippen LogP contribution in [0.2, 0.25) is 0 Å². The van der Waals surface area contributed by atoms with E-state index in [-0.39, 0.29) is 18.6 Å². The number of amides is 2. The number of carbonyl (C=O) groups excluding carboxylic acids is 1. The summed E-state index contributed by atoms with van der Waals surface area (Å²) >= 11 is 0. The number of primary amides is 1. The van der Waals surface area contributed by atoms with Crippen LogP contribution in [0, 0.1) is 5.92 Å². The van der Waals surface area contributed by atoms with Crippen LogP contribution in [0.1, 0.15) is 12.8 Å². The predicted octanol–water partition coefficient (Wildman–Crippen LogP) is -1.21. The molecule has 0 aromatic heterocycles. The first-order chi connectivity index (χ1) is 5.63. The van der Waals surface area contributed by atoms with E-state index < -0.39 is 12.1 Å². The molecule has 5 nitrogen and oxygen atoms in total. The quantitative estimate of drug-likeness (QED) is 0.423. The SMILES string of the molecule is NC(=O)N[C@H]1C[C@@H](CO)[C@H](O)C1. The fourth-order valence-corrected chi connectivity index (χ4v) is 1.62. The zero-order valence-corrected chi connectivity index (χ0v) is 6.73. The van der Waals surface area contributed by atoms with Crippen molar-refractivity contribution in [1.82, 2.24) is 5.32 Å². The van der Waals surface area contributed by atoms with Gasteiger partial charge >= 0.3 is 6.03 Å². The van der Waals surface area contributed by atoms with Crippen molar-refractivity contribution in [3.8, 4) is 0 Å². The summed E-state index contributed by atoms with van der Waals surface area (Å²) in [6.07, 6.45) is 0.557. The van der Waals surface area contributed by atoms with Gasteiger partial charge in [-0.25, -0.2) is 4.79 Å². The molecule has 12 heavy (non-hydrogen) atoms. The molecule has 0 saturated heterocycles.